The van der Waals surface area contributed by atoms with Gasteiger partial charge in [0.25, 0.3) is 0 Å². The Morgan fingerprint density at radius 2 is 1.53 bits per heavy atom. The quantitative estimate of drug-likeness (QED) is 0.247. The maximum absolute atomic E-state index is 12.8. The monoisotopic (exact) mass is 448 g/mol. The van der Waals surface area contributed by atoms with E-state index in [0.29, 0.717) is 0 Å². The summed E-state index contributed by atoms with van der Waals surface area (Å²) in [6.07, 6.45) is -8.07. The van der Waals surface area contributed by atoms with Crippen LogP contribution >= 0.6 is 0 Å². The van der Waals surface area contributed by atoms with Crippen LogP contribution in [0.5, 0.6) is 23.0 Å². The third-order valence-electron chi connectivity index (χ3n) is 5.43. The second-order valence-electron chi connectivity index (χ2n) is 7.46. The molecular weight excluding hydrogens is 428 g/mol. The van der Waals surface area contributed by atoms with Gasteiger partial charge in [-0.15, -0.1) is 0 Å². The van der Waals surface area contributed by atoms with Gasteiger partial charge in [-0.3, -0.25) is 4.79 Å². The third-order valence-corrected chi connectivity index (χ3v) is 5.43. The molecule has 1 fully saturated rings. The number of phenols is 4. The van der Waals surface area contributed by atoms with Crippen LogP contribution in [0.1, 0.15) is 11.7 Å². The van der Waals surface area contributed by atoms with E-state index in [1.165, 1.54) is 6.07 Å². The highest BCUT2D eigenvalue weighted by atomic mass is 16.5. The summed E-state index contributed by atoms with van der Waals surface area (Å²) in [6, 6.07) is 5.47. The van der Waals surface area contributed by atoms with E-state index in [-0.39, 0.29) is 27.9 Å². The number of aromatic hydroxyl groups is 4. The van der Waals surface area contributed by atoms with Crippen molar-refractivity contribution < 1.29 is 50.0 Å². The van der Waals surface area contributed by atoms with Gasteiger partial charge in [0.2, 0.25) is 0 Å². The highest BCUT2D eigenvalue weighted by Gasteiger charge is 2.46. The lowest BCUT2D eigenvalue weighted by atomic mass is 9.89. The summed E-state index contributed by atoms with van der Waals surface area (Å²) >= 11 is 0. The van der Waals surface area contributed by atoms with E-state index in [0.717, 1.165) is 24.3 Å². The van der Waals surface area contributed by atoms with Crippen LogP contribution in [0, 0.1) is 0 Å². The lowest BCUT2D eigenvalue weighted by molar-refractivity contribution is -0.231. The van der Waals surface area contributed by atoms with Gasteiger partial charge >= 0.3 is 0 Å². The highest BCUT2D eigenvalue weighted by molar-refractivity contribution is 5.89. The number of aliphatic hydroxyl groups excluding tert-OH is 4. The van der Waals surface area contributed by atoms with E-state index >= 15 is 0 Å². The summed E-state index contributed by atoms with van der Waals surface area (Å²) in [5.74, 6) is -2.28. The Balaban J connectivity index is 1.97. The molecule has 1 saturated heterocycles. The topological polar surface area (TPSA) is 201 Å². The predicted molar refractivity (Wildman–Crippen MR) is 107 cm³/mol. The zero-order valence-corrected chi connectivity index (χ0v) is 16.3. The Morgan fingerprint density at radius 1 is 0.812 bits per heavy atom. The molecule has 11 heteroatoms. The number of fused-ring (bicyclic) bond motifs is 1. The smallest absolute Gasteiger partial charge is 0.197 e. The molecule has 0 bridgehead atoms. The van der Waals surface area contributed by atoms with Crippen LogP contribution in [0.15, 0.2) is 39.5 Å². The number of ether oxygens (including phenoxy) is 1. The normalized spacial score (nSPS) is 25.8. The van der Waals surface area contributed by atoms with Gasteiger partial charge in [0.15, 0.2) is 22.5 Å². The largest absolute Gasteiger partial charge is 0.507 e. The molecule has 3 aromatic rings. The first kappa shape index (κ1) is 21.9. The SMILES string of the molecule is O=c1cc(-c2ccc(O)c(O)c2)oc2c([C@@H]3O[C@@H](CO)[C@@H](O)[C@H](O)[C@H]3O)c(O)cc(O)c12. The fraction of sp³-hybridized carbons (Fsp3) is 0.286. The molecule has 32 heavy (non-hydrogen) atoms. The molecule has 1 aromatic heterocycles. The van der Waals surface area contributed by atoms with Gasteiger partial charge in [0.1, 0.15) is 53.2 Å². The van der Waals surface area contributed by atoms with Gasteiger partial charge < -0.3 is 50.0 Å². The van der Waals surface area contributed by atoms with E-state index in [1.807, 2.05) is 0 Å². The summed E-state index contributed by atoms with van der Waals surface area (Å²) in [7, 11) is 0. The summed E-state index contributed by atoms with van der Waals surface area (Å²) in [5, 5.41) is 79.7. The minimum absolute atomic E-state index is 0.117. The number of hydrogen-bond acceptors (Lipinski definition) is 11. The van der Waals surface area contributed by atoms with Crippen molar-refractivity contribution in [3.05, 3.63) is 46.1 Å². The van der Waals surface area contributed by atoms with Crippen molar-refractivity contribution in [1.29, 1.82) is 0 Å². The molecule has 0 unspecified atom stereocenters. The lowest BCUT2D eigenvalue weighted by Gasteiger charge is -2.40. The maximum Gasteiger partial charge on any atom is 0.197 e. The summed E-state index contributed by atoms with van der Waals surface area (Å²) < 4.78 is 11.2. The van der Waals surface area contributed by atoms with Crippen molar-refractivity contribution in [2.24, 2.45) is 0 Å². The zero-order valence-electron chi connectivity index (χ0n) is 16.3. The van der Waals surface area contributed by atoms with Crippen molar-refractivity contribution >= 4 is 11.0 Å². The number of phenolic OH excluding ortho intramolecular Hbond substituents is 4. The molecular formula is C21H20O11. The minimum Gasteiger partial charge on any atom is -0.507 e. The molecule has 0 saturated carbocycles. The second-order valence-corrected chi connectivity index (χ2v) is 7.46. The molecule has 0 radical (unpaired) electrons. The third kappa shape index (κ3) is 3.42. The Kier molecular flexibility index (Phi) is 5.44. The van der Waals surface area contributed by atoms with E-state index in [2.05, 4.69) is 0 Å². The van der Waals surface area contributed by atoms with Crippen molar-refractivity contribution in [3.8, 4) is 34.3 Å². The number of benzene rings is 2. The maximum atomic E-state index is 12.8. The minimum atomic E-state index is -1.79. The Morgan fingerprint density at radius 3 is 2.19 bits per heavy atom. The first-order valence-electron chi connectivity index (χ1n) is 9.49. The van der Waals surface area contributed by atoms with Crippen LogP contribution in [-0.4, -0.2) is 71.9 Å². The fourth-order valence-electron chi connectivity index (χ4n) is 3.76. The van der Waals surface area contributed by atoms with Gasteiger partial charge in [-0.25, -0.2) is 0 Å². The first-order valence-corrected chi connectivity index (χ1v) is 9.49. The van der Waals surface area contributed by atoms with Crippen LogP contribution in [-0.2, 0) is 4.74 Å². The molecule has 11 nitrogen and oxygen atoms in total. The Hall–Kier alpha value is -3.35. The summed E-state index contributed by atoms with van der Waals surface area (Å²) in [6.45, 7) is -0.722. The average Bonchev–Trinajstić information content (AvgIpc) is 2.74. The average molecular weight is 448 g/mol. The molecule has 1 aliphatic rings. The number of rotatable bonds is 3. The molecule has 0 amide bonds. The van der Waals surface area contributed by atoms with Gasteiger partial charge in [-0.1, -0.05) is 0 Å². The Labute approximate surface area is 179 Å². The molecule has 2 heterocycles. The number of aliphatic hydroxyl groups is 4. The first-order chi connectivity index (χ1) is 15.1. The van der Waals surface area contributed by atoms with Crippen molar-refractivity contribution in [2.75, 3.05) is 6.61 Å². The molecule has 4 rings (SSSR count). The molecule has 170 valence electrons. The molecule has 2 aromatic carbocycles. The van der Waals surface area contributed by atoms with E-state index in [9.17, 15) is 45.6 Å². The van der Waals surface area contributed by atoms with Crippen LogP contribution < -0.4 is 5.43 Å². The predicted octanol–water partition coefficient (Wildman–Crippen LogP) is -0.203. The van der Waals surface area contributed by atoms with Gasteiger partial charge in [-0.2, -0.15) is 0 Å². The Bertz CT molecular complexity index is 1230. The van der Waals surface area contributed by atoms with E-state index in [4.69, 9.17) is 9.15 Å². The van der Waals surface area contributed by atoms with Crippen molar-refractivity contribution in [2.45, 2.75) is 30.5 Å². The zero-order chi connectivity index (χ0) is 23.3. The van der Waals surface area contributed by atoms with Gasteiger partial charge in [-0.05, 0) is 18.2 Å². The lowest BCUT2D eigenvalue weighted by Crippen LogP contribution is -2.55. The number of hydrogen-bond donors (Lipinski definition) is 8. The molecule has 8 N–H and O–H groups in total. The highest BCUT2D eigenvalue weighted by Crippen LogP contribution is 2.44. The van der Waals surface area contributed by atoms with E-state index < -0.39 is 65.6 Å². The van der Waals surface area contributed by atoms with Crippen molar-refractivity contribution in [1.82, 2.24) is 0 Å². The van der Waals surface area contributed by atoms with Crippen LogP contribution in [0.3, 0.4) is 0 Å². The summed E-state index contributed by atoms with van der Waals surface area (Å²) in [5.41, 5.74) is -1.27. The van der Waals surface area contributed by atoms with Crippen LogP contribution in [0.2, 0.25) is 0 Å². The standard InChI is InChI=1S/C21H20O11/c22-6-14-17(28)18(29)19(30)21(32-14)16-11(26)4-10(25)15-12(27)5-13(31-20(15)16)7-1-2-8(23)9(24)3-7/h1-5,14,17-19,21-26,28-30H,6H2/t14-,17+,18-,19+,21-/m0/s1. The van der Waals surface area contributed by atoms with Crippen LogP contribution in [0.25, 0.3) is 22.3 Å². The molecule has 1 aliphatic heterocycles. The second kappa shape index (κ2) is 7.97. The van der Waals surface area contributed by atoms with Crippen molar-refractivity contribution in [3.63, 3.8) is 0 Å². The van der Waals surface area contributed by atoms with Gasteiger partial charge in [0, 0.05) is 17.7 Å². The fourth-order valence-corrected chi connectivity index (χ4v) is 3.76. The molecule has 5 atom stereocenters. The molecule has 0 spiro atoms. The van der Waals surface area contributed by atoms with Crippen LogP contribution in [0.4, 0.5) is 0 Å². The van der Waals surface area contributed by atoms with E-state index in [1.54, 1.807) is 0 Å². The van der Waals surface area contributed by atoms with Gasteiger partial charge in [0.05, 0.1) is 12.2 Å². The summed E-state index contributed by atoms with van der Waals surface area (Å²) in [4.78, 5) is 12.8. The molecule has 0 aliphatic carbocycles.